The molecule has 3 heteroatoms. The van der Waals surface area contributed by atoms with Crippen molar-refractivity contribution in [2.24, 2.45) is 17.3 Å². The SMILES string of the molecule is CC1CCCN(C(=O)C2CC23CCNCC3)C1. The van der Waals surface area contributed by atoms with Crippen LogP contribution in [-0.4, -0.2) is 37.0 Å². The number of nitrogens with zero attached hydrogens (tertiary/aromatic N) is 1. The molecule has 0 aromatic rings. The van der Waals surface area contributed by atoms with Gasteiger partial charge in [0.1, 0.15) is 0 Å². The zero-order valence-electron chi connectivity index (χ0n) is 10.9. The van der Waals surface area contributed by atoms with E-state index in [9.17, 15) is 4.79 Å². The summed E-state index contributed by atoms with van der Waals surface area (Å²) in [6.07, 6.45) is 6.09. The van der Waals surface area contributed by atoms with Gasteiger partial charge in [0.25, 0.3) is 0 Å². The standard InChI is InChI=1S/C14H24N2O/c1-11-3-2-8-16(10-11)13(17)12-9-14(12)4-6-15-7-5-14/h11-12,15H,2-10H2,1H3. The van der Waals surface area contributed by atoms with Crippen molar-refractivity contribution in [3.8, 4) is 0 Å². The molecule has 2 unspecified atom stereocenters. The van der Waals surface area contributed by atoms with Gasteiger partial charge < -0.3 is 10.2 Å². The summed E-state index contributed by atoms with van der Waals surface area (Å²) in [5, 5.41) is 3.40. The van der Waals surface area contributed by atoms with E-state index in [-0.39, 0.29) is 0 Å². The predicted octanol–water partition coefficient (Wildman–Crippen LogP) is 1.63. The highest BCUT2D eigenvalue weighted by atomic mass is 16.2. The van der Waals surface area contributed by atoms with Gasteiger partial charge in [-0.3, -0.25) is 4.79 Å². The summed E-state index contributed by atoms with van der Waals surface area (Å²) in [6, 6.07) is 0. The Morgan fingerprint density at radius 3 is 2.82 bits per heavy atom. The van der Waals surface area contributed by atoms with Gasteiger partial charge in [0.2, 0.25) is 5.91 Å². The van der Waals surface area contributed by atoms with E-state index in [0.29, 0.717) is 23.2 Å². The lowest BCUT2D eigenvalue weighted by atomic mass is 9.91. The molecule has 1 amide bonds. The predicted molar refractivity (Wildman–Crippen MR) is 67.6 cm³/mol. The molecule has 0 aromatic heterocycles. The Bertz CT molecular complexity index is 309. The molecule has 96 valence electrons. The Balaban J connectivity index is 1.60. The number of carbonyl (C=O) groups is 1. The Morgan fingerprint density at radius 2 is 2.12 bits per heavy atom. The molecule has 1 N–H and O–H groups in total. The zero-order valence-corrected chi connectivity index (χ0v) is 10.9. The molecule has 1 spiro atoms. The number of amides is 1. The van der Waals surface area contributed by atoms with Crippen LogP contribution >= 0.6 is 0 Å². The number of hydrogen-bond donors (Lipinski definition) is 1. The molecule has 0 radical (unpaired) electrons. The summed E-state index contributed by atoms with van der Waals surface area (Å²) < 4.78 is 0. The van der Waals surface area contributed by atoms with Gasteiger partial charge >= 0.3 is 0 Å². The highest BCUT2D eigenvalue weighted by Crippen LogP contribution is 2.59. The Morgan fingerprint density at radius 1 is 1.35 bits per heavy atom. The molecule has 3 nitrogen and oxygen atoms in total. The van der Waals surface area contributed by atoms with E-state index in [0.717, 1.165) is 26.2 Å². The lowest BCUT2D eigenvalue weighted by Gasteiger charge is -2.32. The van der Waals surface area contributed by atoms with Crippen molar-refractivity contribution < 1.29 is 4.79 Å². The second-order valence-corrected chi connectivity index (χ2v) is 6.40. The number of hydrogen-bond acceptors (Lipinski definition) is 2. The molecule has 2 aliphatic heterocycles. The van der Waals surface area contributed by atoms with Gasteiger partial charge in [0, 0.05) is 19.0 Å². The van der Waals surface area contributed by atoms with Crippen molar-refractivity contribution in [1.82, 2.24) is 10.2 Å². The Kier molecular flexibility index (Phi) is 2.89. The van der Waals surface area contributed by atoms with E-state index >= 15 is 0 Å². The van der Waals surface area contributed by atoms with Crippen LogP contribution in [0, 0.1) is 17.3 Å². The third-order valence-corrected chi connectivity index (χ3v) is 5.06. The van der Waals surface area contributed by atoms with E-state index in [1.807, 2.05) is 0 Å². The first-order chi connectivity index (χ1) is 8.21. The Hall–Kier alpha value is -0.570. The summed E-state index contributed by atoms with van der Waals surface area (Å²) >= 11 is 0. The average molecular weight is 236 g/mol. The van der Waals surface area contributed by atoms with Crippen LogP contribution < -0.4 is 5.32 Å². The fourth-order valence-corrected chi connectivity index (χ4v) is 3.78. The highest BCUT2D eigenvalue weighted by Gasteiger charge is 2.58. The van der Waals surface area contributed by atoms with Gasteiger partial charge in [-0.2, -0.15) is 0 Å². The lowest BCUT2D eigenvalue weighted by Crippen LogP contribution is -2.41. The monoisotopic (exact) mass is 236 g/mol. The minimum Gasteiger partial charge on any atom is -0.342 e. The second-order valence-electron chi connectivity index (χ2n) is 6.40. The minimum atomic E-state index is 0.370. The quantitative estimate of drug-likeness (QED) is 0.750. The van der Waals surface area contributed by atoms with Crippen LogP contribution in [0.4, 0.5) is 0 Å². The van der Waals surface area contributed by atoms with Gasteiger partial charge in [-0.1, -0.05) is 6.92 Å². The largest absolute Gasteiger partial charge is 0.342 e. The normalized spacial score (nSPS) is 35.9. The van der Waals surface area contributed by atoms with Crippen LogP contribution in [0.3, 0.4) is 0 Å². The molecule has 0 bridgehead atoms. The van der Waals surface area contributed by atoms with Crippen LogP contribution in [0.1, 0.15) is 39.0 Å². The number of nitrogens with one attached hydrogen (secondary N) is 1. The van der Waals surface area contributed by atoms with Crippen LogP contribution in [0.25, 0.3) is 0 Å². The maximum absolute atomic E-state index is 12.5. The van der Waals surface area contributed by atoms with E-state index in [1.54, 1.807) is 0 Å². The summed E-state index contributed by atoms with van der Waals surface area (Å²) in [5.74, 6) is 1.55. The summed E-state index contributed by atoms with van der Waals surface area (Å²) in [5.41, 5.74) is 0.406. The molecular formula is C14H24N2O. The van der Waals surface area contributed by atoms with Crippen molar-refractivity contribution in [3.63, 3.8) is 0 Å². The van der Waals surface area contributed by atoms with Crippen LogP contribution in [0.2, 0.25) is 0 Å². The van der Waals surface area contributed by atoms with Crippen molar-refractivity contribution in [2.45, 2.75) is 39.0 Å². The highest BCUT2D eigenvalue weighted by molar-refractivity contribution is 5.82. The van der Waals surface area contributed by atoms with Crippen LogP contribution in [0.15, 0.2) is 0 Å². The molecule has 3 rings (SSSR count). The van der Waals surface area contributed by atoms with Gasteiger partial charge in [0.05, 0.1) is 0 Å². The minimum absolute atomic E-state index is 0.370. The summed E-state index contributed by atoms with van der Waals surface area (Å²) in [7, 11) is 0. The fraction of sp³-hybridized carbons (Fsp3) is 0.929. The Labute approximate surface area is 104 Å². The topological polar surface area (TPSA) is 32.3 Å². The maximum Gasteiger partial charge on any atom is 0.226 e. The lowest BCUT2D eigenvalue weighted by molar-refractivity contribution is -0.135. The molecule has 17 heavy (non-hydrogen) atoms. The van der Waals surface area contributed by atoms with Crippen molar-refractivity contribution >= 4 is 5.91 Å². The molecule has 3 aliphatic rings. The molecule has 0 aromatic carbocycles. The summed E-state index contributed by atoms with van der Waals surface area (Å²) in [4.78, 5) is 14.6. The van der Waals surface area contributed by atoms with E-state index < -0.39 is 0 Å². The molecular weight excluding hydrogens is 212 g/mol. The van der Waals surface area contributed by atoms with Gasteiger partial charge in [0.15, 0.2) is 0 Å². The number of piperidine rings is 2. The van der Waals surface area contributed by atoms with Gasteiger partial charge in [-0.05, 0) is 56.5 Å². The molecule has 1 saturated carbocycles. The van der Waals surface area contributed by atoms with Crippen molar-refractivity contribution in [2.75, 3.05) is 26.2 Å². The van der Waals surface area contributed by atoms with E-state index in [1.165, 1.54) is 32.1 Å². The molecule has 2 heterocycles. The van der Waals surface area contributed by atoms with Crippen LogP contribution in [-0.2, 0) is 4.79 Å². The third-order valence-electron chi connectivity index (χ3n) is 5.06. The van der Waals surface area contributed by atoms with Crippen molar-refractivity contribution in [1.29, 1.82) is 0 Å². The van der Waals surface area contributed by atoms with E-state index in [2.05, 4.69) is 17.1 Å². The molecule has 2 saturated heterocycles. The number of carbonyl (C=O) groups excluding carboxylic acids is 1. The van der Waals surface area contributed by atoms with E-state index in [4.69, 9.17) is 0 Å². The first-order valence-electron chi connectivity index (χ1n) is 7.21. The van der Waals surface area contributed by atoms with Gasteiger partial charge in [-0.25, -0.2) is 0 Å². The first-order valence-corrected chi connectivity index (χ1v) is 7.21. The zero-order chi connectivity index (χ0) is 11.9. The molecule has 3 fully saturated rings. The summed E-state index contributed by atoms with van der Waals surface area (Å²) in [6.45, 7) is 6.50. The first kappa shape index (κ1) is 11.5. The second kappa shape index (κ2) is 4.27. The van der Waals surface area contributed by atoms with Crippen LogP contribution in [0.5, 0.6) is 0 Å². The van der Waals surface area contributed by atoms with Gasteiger partial charge in [-0.15, -0.1) is 0 Å². The number of likely N-dealkylation sites (tertiary alicyclic amines) is 1. The molecule has 1 aliphatic carbocycles. The van der Waals surface area contributed by atoms with Crippen molar-refractivity contribution in [3.05, 3.63) is 0 Å². The average Bonchev–Trinajstić information content (AvgIpc) is 3.03. The smallest absolute Gasteiger partial charge is 0.226 e. The third kappa shape index (κ3) is 2.10. The molecule has 2 atom stereocenters. The fourth-order valence-electron chi connectivity index (χ4n) is 3.78. The number of rotatable bonds is 1. The maximum atomic E-state index is 12.5.